The number of halogens is 2. The van der Waals surface area contributed by atoms with Crippen molar-refractivity contribution in [2.24, 2.45) is 5.92 Å². The number of carbonyl (C=O) groups is 2. The van der Waals surface area contributed by atoms with Crippen molar-refractivity contribution in [1.82, 2.24) is 10.2 Å². The second-order valence-corrected chi connectivity index (χ2v) is 7.15. The molecule has 2 aromatic rings. The molecule has 1 fully saturated rings. The van der Waals surface area contributed by atoms with Gasteiger partial charge in [-0.3, -0.25) is 9.59 Å². The largest absolute Gasteiger partial charge is 0.349 e. The molecule has 1 N–H and O–H groups in total. The molecular formula is C21H22F2N2O2. The molecule has 2 amide bonds. The van der Waals surface area contributed by atoms with E-state index < -0.39 is 5.82 Å². The van der Waals surface area contributed by atoms with E-state index in [4.69, 9.17) is 0 Å². The molecule has 2 aromatic carbocycles. The van der Waals surface area contributed by atoms with Crippen LogP contribution in [-0.4, -0.2) is 36.9 Å². The van der Waals surface area contributed by atoms with Gasteiger partial charge in [-0.1, -0.05) is 12.1 Å². The summed E-state index contributed by atoms with van der Waals surface area (Å²) in [7, 11) is 3.41. The molecule has 0 saturated heterocycles. The molecule has 1 saturated carbocycles. The minimum atomic E-state index is -0.402. The number of rotatable bonds is 4. The Bertz CT molecular complexity index is 819. The summed E-state index contributed by atoms with van der Waals surface area (Å²) in [4.78, 5) is 26.6. The number of amides is 2. The lowest BCUT2D eigenvalue weighted by Gasteiger charge is -2.22. The van der Waals surface area contributed by atoms with E-state index in [1.807, 2.05) is 0 Å². The molecule has 0 radical (unpaired) electrons. The van der Waals surface area contributed by atoms with Gasteiger partial charge in [0.05, 0.1) is 0 Å². The summed E-state index contributed by atoms with van der Waals surface area (Å²) < 4.78 is 26.3. The molecule has 27 heavy (non-hydrogen) atoms. The van der Waals surface area contributed by atoms with Gasteiger partial charge in [0.15, 0.2) is 0 Å². The van der Waals surface area contributed by atoms with Crippen molar-refractivity contribution in [2.45, 2.75) is 24.8 Å². The minimum Gasteiger partial charge on any atom is -0.349 e. The second-order valence-electron chi connectivity index (χ2n) is 7.15. The van der Waals surface area contributed by atoms with Crippen LogP contribution in [0.1, 0.15) is 34.7 Å². The average Bonchev–Trinajstić information content (AvgIpc) is 3.05. The summed E-state index contributed by atoms with van der Waals surface area (Å²) >= 11 is 0. The van der Waals surface area contributed by atoms with Gasteiger partial charge in [-0.2, -0.15) is 0 Å². The lowest BCUT2D eigenvalue weighted by Crippen LogP contribution is -2.34. The first kappa shape index (κ1) is 19.0. The molecule has 0 aromatic heterocycles. The van der Waals surface area contributed by atoms with Gasteiger partial charge in [0, 0.05) is 31.6 Å². The lowest BCUT2D eigenvalue weighted by atomic mass is 9.88. The molecule has 4 nitrogen and oxygen atoms in total. The molecule has 6 heteroatoms. The monoisotopic (exact) mass is 372 g/mol. The summed E-state index contributed by atoms with van der Waals surface area (Å²) in [5.41, 5.74) is 1.26. The SMILES string of the molecule is CN(C)C(=O)[C@H]1C[C@@H](NC(=O)c2ccc(F)cc2)C[C@@H]1c1ccc(F)cc1. The molecule has 0 spiro atoms. The highest BCUT2D eigenvalue weighted by molar-refractivity contribution is 5.94. The van der Waals surface area contributed by atoms with Crippen LogP contribution in [-0.2, 0) is 4.79 Å². The van der Waals surface area contributed by atoms with Crippen molar-refractivity contribution in [1.29, 1.82) is 0 Å². The number of nitrogens with zero attached hydrogens (tertiary/aromatic N) is 1. The second kappa shape index (κ2) is 7.86. The van der Waals surface area contributed by atoms with Crippen molar-refractivity contribution < 1.29 is 18.4 Å². The predicted molar refractivity (Wildman–Crippen MR) is 98.2 cm³/mol. The molecule has 0 heterocycles. The summed E-state index contributed by atoms with van der Waals surface area (Å²) in [6.45, 7) is 0. The van der Waals surface area contributed by atoms with E-state index >= 15 is 0 Å². The Balaban J connectivity index is 1.77. The highest BCUT2D eigenvalue weighted by Crippen LogP contribution is 2.40. The van der Waals surface area contributed by atoms with Gasteiger partial charge < -0.3 is 10.2 Å². The molecule has 1 aliphatic carbocycles. The normalized spacial score (nSPS) is 21.7. The van der Waals surface area contributed by atoms with E-state index in [0.29, 0.717) is 18.4 Å². The maximum atomic E-state index is 13.3. The highest BCUT2D eigenvalue weighted by atomic mass is 19.1. The van der Waals surface area contributed by atoms with Crippen molar-refractivity contribution in [3.63, 3.8) is 0 Å². The fourth-order valence-electron chi connectivity index (χ4n) is 3.71. The zero-order valence-corrected chi connectivity index (χ0v) is 15.3. The van der Waals surface area contributed by atoms with Crippen LogP contribution in [0.5, 0.6) is 0 Å². The van der Waals surface area contributed by atoms with Crippen LogP contribution in [0.25, 0.3) is 0 Å². The van der Waals surface area contributed by atoms with Crippen molar-refractivity contribution >= 4 is 11.8 Å². The molecule has 0 unspecified atom stereocenters. The Morgan fingerprint density at radius 2 is 1.48 bits per heavy atom. The Morgan fingerprint density at radius 3 is 2.04 bits per heavy atom. The van der Waals surface area contributed by atoms with Gasteiger partial charge >= 0.3 is 0 Å². The first-order valence-electron chi connectivity index (χ1n) is 8.88. The van der Waals surface area contributed by atoms with E-state index in [-0.39, 0.29) is 35.5 Å². The van der Waals surface area contributed by atoms with Gasteiger partial charge in [0.2, 0.25) is 5.91 Å². The van der Waals surface area contributed by atoms with Gasteiger partial charge in [0.1, 0.15) is 11.6 Å². The predicted octanol–water partition coefficient (Wildman–Crippen LogP) is 3.35. The molecular weight excluding hydrogens is 350 g/mol. The summed E-state index contributed by atoms with van der Waals surface area (Å²) in [5, 5.41) is 2.94. The van der Waals surface area contributed by atoms with Crippen molar-refractivity contribution in [2.75, 3.05) is 14.1 Å². The van der Waals surface area contributed by atoms with Crippen LogP contribution >= 0.6 is 0 Å². The summed E-state index contributed by atoms with van der Waals surface area (Å²) in [5.74, 6) is -1.42. The van der Waals surface area contributed by atoms with E-state index in [0.717, 1.165) is 5.56 Å². The van der Waals surface area contributed by atoms with Crippen molar-refractivity contribution in [3.8, 4) is 0 Å². The van der Waals surface area contributed by atoms with E-state index in [1.165, 1.54) is 36.4 Å². The topological polar surface area (TPSA) is 49.4 Å². The van der Waals surface area contributed by atoms with Crippen LogP contribution in [0, 0.1) is 17.6 Å². The van der Waals surface area contributed by atoms with E-state index in [1.54, 1.807) is 31.1 Å². The summed E-state index contributed by atoms with van der Waals surface area (Å²) in [6.07, 6.45) is 1.09. The number of hydrogen-bond donors (Lipinski definition) is 1. The first-order valence-corrected chi connectivity index (χ1v) is 8.88. The Kier molecular flexibility index (Phi) is 5.54. The third kappa shape index (κ3) is 4.32. The van der Waals surface area contributed by atoms with Gasteiger partial charge in [0.25, 0.3) is 5.91 Å². The molecule has 1 aliphatic rings. The smallest absolute Gasteiger partial charge is 0.251 e. The van der Waals surface area contributed by atoms with Crippen LogP contribution in [0.4, 0.5) is 8.78 Å². The third-order valence-corrected chi connectivity index (χ3v) is 5.06. The Hall–Kier alpha value is -2.76. The number of benzene rings is 2. The average molecular weight is 372 g/mol. The number of hydrogen-bond acceptors (Lipinski definition) is 2. The minimum absolute atomic E-state index is 0.0112. The number of nitrogens with one attached hydrogen (secondary N) is 1. The van der Waals surface area contributed by atoms with Crippen LogP contribution < -0.4 is 5.32 Å². The Morgan fingerprint density at radius 1 is 0.926 bits per heavy atom. The maximum Gasteiger partial charge on any atom is 0.251 e. The number of carbonyl (C=O) groups excluding carboxylic acids is 2. The first-order chi connectivity index (χ1) is 12.8. The van der Waals surface area contributed by atoms with Gasteiger partial charge in [-0.05, 0) is 60.7 Å². The Labute approximate surface area is 157 Å². The summed E-state index contributed by atoms with van der Waals surface area (Å²) in [6, 6.07) is 11.3. The molecule has 3 rings (SSSR count). The highest BCUT2D eigenvalue weighted by Gasteiger charge is 2.40. The maximum absolute atomic E-state index is 13.3. The third-order valence-electron chi connectivity index (χ3n) is 5.06. The standard InChI is InChI=1S/C21H22F2N2O2/c1-25(2)21(27)19-12-17(11-18(19)13-3-7-15(22)8-4-13)24-20(26)14-5-9-16(23)10-6-14/h3-10,17-19H,11-12H2,1-2H3,(H,24,26)/t17-,18+,19-/m0/s1. The molecule has 0 aliphatic heterocycles. The van der Waals surface area contributed by atoms with Crippen molar-refractivity contribution in [3.05, 3.63) is 71.3 Å². The van der Waals surface area contributed by atoms with Crippen LogP contribution in [0.3, 0.4) is 0 Å². The molecule has 3 atom stereocenters. The van der Waals surface area contributed by atoms with Crippen LogP contribution in [0.2, 0.25) is 0 Å². The quantitative estimate of drug-likeness (QED) is 0.895. The lowest BCUT2D eigenvalue weighted by molar-refractivity contribution is -0.133. The molecule has 142 valence electrons. The van der Waals surface area contributed by atoms with E-state index in [9.17, 15) is 18.4 Å². The fourth-order valence-corrected chi connectivity index (χ4v) is 3.71. The molecule has 0 bridgehead atoms. The van der Waals surface area contributed by atoms with Gasteiger partial charge in [-0.15, -0.1) is 0 Å². The van der Waals surface area contributed by atoms with Crippen LogP contribution in [0.15, 0.2) is 48.5 Å². The van der Waals surface area contributed by atoms with E-state index in [2.05, 4.69) is 5.32 Å². The zero-order valence-electron chi connectivity index (χ0n) is 15.3. The zero-order chi connectivity index (χ0) is 19.6. The fraction of sp³-hybridized carbons (Fsp3) is 0.333. The van der Waals surface area contributed by atoms with Gasteiger partial charge in [-0.25, -0.2) is 8.78 Å².